The molecular weight excluding hydrogens is 854 g/mol. The van der Waals surface area contributed by atoms with Crippen LogP contribution < -0.4 is 19.7 Å². The molecule has 1 aliphatic carbocycles. The average molecular weight is 901 g/mol. The Morgan fingerprint density at radius 1 is 1.06 bits per heavy atom. The zero-order valence-corrected chi connectivity index (χ0v) is 36.3. The molecule has 64 heavy (non-hydrogen) atoms. The Hall–Kier alpha value is -5.88. The molecule has 0 bridgehead atoms. The molecule has 16 nitrogen and oxygen atoms in total. The number of nitrogens with one attached hydrogen (secondary N) is 2. The van der Waals surface area contributed by atoms with E-state index in [1.54, 1.807) is 49.1 Å². The molecule has 1 spiro atoms. The van der Waals surface area contributed by atoms with Crippen LogP contribution in [0.4, 0.5) is 29.5 Å². The van der Waals surface area contributed by atoms with E-state index in [9.17, 15) is 23.3 Å². The Balaban J connectivity index is 0.831. The number of ether oxygens (including phenoxy) is 2. The second kappa shape index (κ2) is 16.9. The van der Waals surface area contributed by atoms with Crippen LogP contribution in [0.5, 0.6) is 11.5 Å². The Morgan fingerprint density at radius 3 is 2.59 bits per heavy atom. The molecule has 4 unspecified atom stereocenters. The van der Waals surface area contributed by atoms with E-state index in [-0.39, 0.29) is 72.5 Å². The summed E-state index contributed by atoms with van der Waals surface area (Å²) in [5.41, 5.74) is 1.96. The van der Waals surface area contributed by atoms with Gasteiger partial charge in [0.2, 0.25) is 5.91 Å². The average Bonchev–Trinajstić information content (AvgIpc) is 3.83. The van der Waals surface area contributed by atoms with Crippen molar-refractivity contribution < 1.29 is 40.7 Å². The standard InChI is InChI=1S/C44H47F3N10O6S/c1-4-54(2)64(60,61)53-34-9-7-31(45)41(30(34)22-48)63-27-6-8-35-36(18-27)50-37(23-49-35)26-21-44(62-24-26)12-15-56(16-13-44)38-10-5-25(17-33(38)47)28-20-39-29(19-32(28)46)42(52-55(39)3)57-14-11-40(58)51-43(57)59/h6-9,18-20,23,25-26,33,38,53H,4-5,10-17,21,24H2,1-3H3,(H,51,58,59). The number of likely N-dealkylation sites (tertiary alicyclic amines) is 1. The number of alkyl halides is 1. The summed E-state index contributed by atoms with van der Waals surface area (Å²) in [6, 6.07) is 11.1. The third kappa shape index (κ3) is 8.10. The smallest absolute Gasteiger partial charge is 0.329 e. The van der Waals surface area contributed by atoms with Gasteiger partial charge in [-0.25, -0.2) is 22.9 Å². The van der Waals surface area contributed by atoms with Gasteiger partial charge in [0.05, 0.1) is 40.1 Å². The lowest BCUT2D eigenvalue weighted by molar-refractivity contribution is -0.120. The van der Waals surface area contributed by atoms with Gasteiger partial charge < -0.3 is 9.47 Å². The highest BCUT2D eigenvalue weighted by atomic mass is 32.2. The fourth-order valence-corrected chi connectivity index (χ4v) is 10.6. The van der Waals surface area contributed by atoms with Crippen molar-refractivity contribution in [2.75, 3.05) is 49.5 Å². The molecule has 336 valence electrons. The maximum Gasteiger partial charge on any atom is 0.329 e. The van der Waals surface area contributed by atoms with Crippen molar-refractivity contribution >= 4 is 55.6 Å². The summed E-state index contributed by atoms with van der Waals surface area (Å²) >= 11 is 0. The second-order valence-electron chi connectivity index (χ2n) is 17.1. The van der Waals surface area contributed by atoms with Gasteiger partial charge in [-0.05, 0) is 86.4 Å². The Kier molecular flexibility index (Phi) is 11.5. The number of benzene rings is 3. The minimum Gasteiger partial charge on any atom is -0.453 e. The zero-order valence-electron chi connectivity index (χ0n) is 35.5. The molecule has 5 aromatic rings. The van der Waals surface area contributed by atoms with Gasteiger partial charge in [-0.3, -0.25) is 34.3 Å². The monoisotopic (exact) mass is 900 g/mol. The Bertz CT molecular complexity index is 2830. The highest BCUT2D eigenvalue weighted by molar-refractivity contribution is 7.90. The Morgan fingerprint density at radius 2 is 1.86 bits per heavy atom. The number of nitrogens with zero attached hydrogens (tertiary/aromatic N) is 8. The predicted molar refractivity (Wildman–Crippen MR) is 230 cm³/mol. The minimum atomic E-state index is -4.00. The SMILES string of the molecule is CCN(C)S(=O)(=O)Nc1ccc(F)c(Oc2ccc3ncc(C4COC5(CCN(C6CCC(c7cc8c(cc7F)c(N7CCC(=O)NC7=O)nn8C)CC6F)CC5)C4)nc3c2)c1C#N. The number of amides is 3. The third-order valence-corrected chi connectivity index (χ3v) is 14.9. The highest BCUT2D eigenvalue weighted by Crippen LogP contribution is 2.45. The number of urea groups is 1. The number of rotatable bonds is 10. The summed E-state index contributed by atoms with van der Waals surface area (Å²) in [7, 11) is -0.919. The summed E-state index contributed by atoms with van der Waals surface area (Å²) in [6.45, 7) is 3.70. The molecule has 20 heteroatoms. The van der Waals surface area contributed by atoms with Crippen LogP contribution in [0.25, 0.3) is 21.9 Å². The number of anilines is 2. The first-order valence-electron chi connectivity index (χ1n) is 21.4. The van der Waals surface area contributed by atoms with E-state index in [4.69, 9.17) is 14.5 Å². The van der Waals surface area contributed by atoms with Crippen molar-refractivity contribution in [3.63, 3.8) is 0 Å². The van der Waals surface area contributed by atoms with Gasteiger partial charge in [0.15, 0.2) is 17.4 Å². The van der Waals surface area contributed by atoms with Crippen LogP contribution in [-0.4, -0.2) is 107 Å². The molecule has 1 saturated carbocycles. The number of fused-ring (bicyclic) bond motifs is 2. The van der Waals surface area contributed by atoms with Gasteiger partial charge in [0.1, 0.15) is 29.4 Å². The van der Waals surface area contributed by atoms with Crippen molar-refractivity contribution in [2.45, 2.75) is 81.5 Å². The van der Waals surface area contributed by atoms with Crippen molar-refractivity contribution in [1.82, 2.24) is 34.3 Å². The van der Waals surface area contributed by atoms with Crippen LogP contribution in [-0.2, 0) is 26.8 Å². The van der Waals surface area contributed by atoms with Gasteiger partial charge >= 0.3 is 16.2 Å². The number of imide groups is 1. The molecule has 3 aliphatic heterocycles. The van der Waals surface area contributed by atoms with Crippen molar-refractivity contribution in [3.8, 4) is 17.6 Å². The second-order valence-corrected chi connectivity index (χ2v) is 18.9. The van der Waals surface area contributed by atoms with Crippen molar-refractivity contribution in [3.05, 3.63) is 77.1 Å². The molecule has 0 radical (unpaired) electrons. The number of aromatic nitrogens is 4. The zero-order chi connectivity index (χ0) is 45.1. The molecule has 4 aliphatic rings. The highest BCUT2D eigenvalue weighted by Gasteiger charge is 2.46. The topological polar surface area (TPSA) is 188 Å². The first kappa shape index (κ1) is 43.4. The first-order valence-corrected chi connectivity index (χ1v) is 22.8. The summed E-state index contributed by atoms with van der Waals surface area (Å²) in [4.78, 5) is 37.3. The molecule has 3 aromatic carbocycles. The number of hydrogen-bond acceptors (Lipinski definition) is 11. The molecule has 2 N–H and O–H groups in total. The van der Waals surface area contributed by atoms with E-state index in [0.717, 1.165) is 10.4 Å². The lowest BCUT2D eigenvalue weighted by Gasteiger charge is -2.45. The summed E-state index contributed by atoms with van der Waals surface area (Å²) in [6.07, 6.45) is 4.16. The summed E-state index contributed by atoms with van der Waals surface area (Å²) < 4.78 is 89.7. The maximum atomic E-state index is 16.1. The minimum absolute atomic E-state index is 0.0602. The van der Waals surface area contributed by atoms with Crippen molar-refractivity contribution in [1.29, 1.82) is 5.26 Å². The largest absolute Gasteiger partial charge is 0.453 e. The predicted octanol–water partition coefficient (Wildman–Crippen LogP) is 6.53. The number of piperidine rings is 1. The number of aryl methyl sites for hydroxylation is 1. The molecule has 5 heterocycles. The van der Waals surface area contributed by atoms with Gasteiger partial charge in [-0.15, -0.1) is 0 Å². The molecule has 2 aromatic heterocycles. The first-order chi connectivity index (χ1) is 30.7. The lowest BCUT2D eigenvalue weighted by atomic mass is 9.78. The molecule has 4 fully saturated rings. The number of carbonyl (C=O) groups is 2. The number of halogens is 3. The van der Waals surface area contributed by atoms with E-state index in [1.807, 2.05) is 6.07 Å². The quantitative estimate of drug-likeness (QED) is 0.155. The van der Waals surface area contributed by atoms with E-state index in [2.05, 4.69) is 25.0 Å². The summed E-state index contributed by atoms with van der Waals surface area (Å²) in [5.74, 6) is -2.08. The lowest BCUT2D eigenvalue weighted by Crippen LogP contribution is -2.52. The van der Waals surface area contributed by atoms with Crippen LogP contribution >= 0.6 is 0 Å². The van der Waals surface area contributed by atoms with Crippen LogP contribution in [0.2, 0.25) is 0 Å². The van der Waals surface area contributed by atoms with Crippen LogP contribution in [0, 0.1) is 23.0 Å². The third-order valence-electron chi connectivity index (χ3n) is 13.3. The normalized spacial score (nSPS) is 22.9. The van der Waals surface area contributed by atoms with Gasteiger partial charge in [-0.1, -0.05) is 6.92 Å². The van der Waals surface area contributed by atoms with Gasteiger partial charge in [0, 0.05) is 76.3 Å². The van der Waals surface area contributed by atoms with Crippen LogP contribution in [0.15, 0.2) is 48.7 Å². The molecule has 4 atom stereocenters. The number of nitriles is 1. The van der Waals surface area contributed by atoms with E-state index >= 15 is 13.2 Å². The molecule has 9 rings (SSSR count). The van der Waals surface area contributed by atoms with Crippen molar-refractivity contribution in [2.24, 2.45) is 7.05 Å². The molecule has 3 amide bonds. The van der Waals surface area contributed by atoms with Gasteiger partial charge in [-0.2, -0.15) is 23.1 Å². The fraction of sp³-hybridized carbons (Fsp3) is 0.455. The van der Waals surface area contributed by atoms with E-state index < -0.39 is 45.4 Å². The molecule has 3 saturated heterocycles. The fourth-order valence-electron chi connectivity index (χ4n) is 9.62. The van der Waals surface area contributed by atoms with Crippen LogP contribution in [0.3, 0.4) is 0 Å². The van der Waals surface area contributed by atoms with E-state index in [0.29, 0.717) is 85.0 Å². The Labute approximate surface area is 367 Å². The summed E-state index contributed by atoms with van der Waals surface area (Å²) in [5, 5.41) is 17.1. The number of carbonyl (C=O) groups excluding carboxylic acids is 2. The van der Waals surface area contributed by atoms with E-state index in [1.165, 1.54) is 24.1 Å². The van der Waals surface area contributed by atoms with Crippen LogP contribution in [0.1, 0.15) is 80.5 Å². The van der Waals surface area contributed by atoms with Gasteiger partial charge in [0.25, 0.3) is 0 Å². The number of hydrogen-bond donors (Lipinski definition) is 2. The maximum absolute atomic E-state index is 16.1. The molecular formula is C44H47F3N10O6S.